The van der Waals surface area contributed by atoms with E-state index in [2.05, 4.69) is 5.32 Å². The number of benzene rings is 1. The maximum absolute atomic E-state index is 12.9. The Labute approximate surface area is 164 Å². The lowest BCUT2D eigenvalue weighted by atomic mass is 10.0. The molecule has 28 heavy (non-hydrogen) atoms. The lowest BCUT2D eigenvalue weighted by Gasteiger charge is -2.18. The van der Waals surface area contributed by atoms with Crippen LogP contribution in [0.4, 0.5) is 0 Å². The van der Waals surface area contributed by atoms with Gasteiger partial charge in [-0.3, -0.25) is 14.2 Å². The van der Waals surface area contributed by atoms with E-state index in [1.165, 1.54) is 11.7 Å². The van der Waals surface area contributed by atoms with Crippen molar-refractivity contribution in [2.45, 2.75) is 32.7 Å². The van der Waals surface area contributed by atoms with E-state index in [-0.39, 0.29) is 17.5 Å². The van der Waals surface area contributed by atoms with Gasteiger partial charge in [-0.25, -0.2) is 4.79 Å². The van der Waals surface area contributed by atoms with Crippen molar-refractivity contribution in [3.05, 3.63) is 65.0 Å². The molecule has 6 nitrogen and oxygen atoms in total. The first-order valence-electron chi connectivity index (χ1n) is 9.30. The summed E-state index contributed by atoms with van der Waals surface area (Å²) >= 11 is 0. The summed E-state index contributed by atoms with van der Waals surface area (Å²) in [7, 11) is 1.29. The number of nitrogens with zero attached hydrogens (tertiary/aromatic N) is 1. The van der Waals surface area contributed by atoms with Crippen LogP contribution >= 0.6 is 0 Å². The van der Waals surface area contributed by atoms with Gasteiger partial charge in [0.05, 0.1) is 7.11 Å². The molecule has 1 aromatic heterocycles. The van der Waals surface area contributed by atoms with Crippen LogP contribution < -0.4 is 5.32 Å². The molecule has 1 aliphatic rings. The first kappa shape index (κ1) is 19.6. The van der Waals surface area contributed by atoms with Gasteiger partial charge in [-0.15, -0.1) is 0 Å². The van der Waals surface area contributed by atoms with Crippen LogP contribution in [0, 0.1) is 5.92 Å². The van der Waals surface area contributed by atoms with E-state index in [1.807, 2.05) is 44.2 Å². The number of rotatable bonds is 7. The van der Waals surface area contributed by atoms with Crippen molar-refractivity contribution in [3.63, 3.8) is 0 Å². The predicted molar refractivity (Wildman–Crippen MR) is 106 cm³/mol. The summed E-state index contributed by atoms with van der Waals surface area (Å²) in [5.74, 6) is -0.981. The van der Waals surface area contributed by atoms with Crippen molar-refractivity contribution in [2.75, 3.05) is 7.11 Å². The molecule has 1 atom stereocenters. The van der Waals surface area contributed by atoms with Crippen molar-refractivity contribution in [3.8, 4) is 0 Å². The zero-order valence-electron chi connectivity index (χ0n) is 16.3. The Morgan fingerprint density at radius 1 is 1.11 bits per heavy atom. The van der Waals surface area contributed by atoms with Crippen LogP contribution in [0.3, 0.4) is 0 Å². The summed E-state index contributed by atoms with van der Waals surface area (Å²) in [6.07, 6.45) is 2.76. The minimum absolute atomic E-state index is 0.197. The molecule has 0 saturated carbocycles. The standard InChI is InChI=1S/C22H24N2O4/c1-14(2)11-18(22(27)28-3)23-20(25)19-10-9-17-13-16(21(26)24(17)19)12-15-7-5-4-6-8-15/h4-10,13-14,18H,11-12H2,1-3H3,(H,23,25)/t18-/m0/s1. The number of nitrogens with one attached hydrogen (secondary N) is 1. The lowest BCUT2D eigenvalue weighted by molar-refractivity contribution is -0.143. The Hall–Kier alpha value is -3.15. The Kier molecular flexibility index (Phi) is 5.78. The second kappa shape index (κ2) is 8.25. The summed E-state index contributed by atoms with van der Waals surface area (Å²) < 4.78 is 6.19. The van der Waals surface area contributed by atoms with Gasteiger partial charge < -0.3 is 10.1 Å². The second-order valence-corrected chi connectivity index (χ2v) is 7.29. The van der Waals surface area contributed by atoms with Gasteiger partial charge >= 0.3 is 5.97 Å². The molecule has 2 heterocycles. The van der Waals surface area contributed by atoms with Gasteiger partial charge in [-0.2, -0.15) is 0 Å². The number of aromatic nitrogens is 1. The monoisotopic (exact) mass is 380 g/mol. The Morgan fingerprint density at radius 2 is 1.82 bits per heavy atom. The van der Waals surface area contributed by atoms with Gasteiger partial charge in [0.1, 0.15) is 11.7 Å². The molecule has 1 aromatic carbocycles. The molecule has 146 valence electrons. The first-order chi connectivity index (χ1) is 13.4. The molecule has 1 aliphatic heterocycles. The molecule has 1 N–H and O–H groups in total. The molecule has 0 spiro atoms. The number of allylic oxidation sites excluding steroid dienone is 1. The normalized spacial score (nSPS) is 13.9. The van der Waals surface area contributed by atoms with E-state index in [4.69, 9.17) is 4.74 Å². The molecule has 1 amide bonds. The molecule has 2 aromatic rings. The van der Waals surface area contributed by atoms with Crippen LogP contribution in [-0.2, 0) is 16.0 Å². The van der Waals surface area contributed by atoms with Crippen LogP contribution in [0.2, 0.25) is 0 Å². The third-order valence-corrected chi connectivity index (χ3v) is 4.68. The summed E-state index contributed by atoms with van der Waals surface area (Å²) in [5.41, 5.74) is 2.54. The number of esters is 1. The molecule has 0 bridgehead atoms. The summed E-state index contributed by atoms with van der Waals surface area (Å²) in [4.78, 5) is 37.6. The topological polar surface area (TPSA) is 77.4 Å². The number of hydrogen-bond donors (Lipinski definition) is 1. The van der Waals surface area contributed by atoms with E-state index in [0.717, 1.165) is 5.56 Å². The lowest BCUT2D eigenvalue weighted by Crippen LogP contribution is -2.43. The van der Waals surface area contributed by atoms with E-state index in [1.54, 1.807) is 18.2 Å². The Bertz CT molecular complexity index is 925. The number of hydrogen-bond acceptors (Lipinski definition) is 4. The molecular formula is C22H24N2O4. The fourth-order valence-electron chi connectivity index (χ4n) is 3.36. The molecule has 0 aliphatic carbocycles. The van der Waals surface area contributed by atoms with Crippen molar-refractivity contribution in [1.82, 2.24) is 9.88 Å². The molecule has 3 rings (SSSR count). The van der Waals surface area contributed by atoms with Crippen LogP contribution in [0.5, 0.6) is 0 Å². The smallest absolute Gasteiger partial charge is 0.328 e. The second-order valence-electron chi connectivity index (χ2n) is 7.29. The van der Waals surface area contributed by atoms with E-state index in [9.17, 15) is 14.4 Å². The number of amides is 1. The van der Waals surface area contributed by atoms with Gasteiger partial charge in [0.15, 0.2) is 0 Å². The van der Waals surface area contributed by atoms with Crippen molar-refractivity contribution in [1.29, 1.82) is 0 Å². The van der Waals surface area contributed by atoms with Gasteiger partial charge in [0.25, 0.3) is 11.8 Å². The molecule has 0 unspecified atom stereocenters. The highest BCUT2D eigenvalue weighted by atomic mass is 16.5. The van der Waals surface area contributed by atoms with Gasteiger partial charge in [-0.1, -0.05) is 44.2 Å². The zero-order chi connectivity index (χ0) is 20.3. The summed E-state index contributed by atoms with van der Waals surface area (Å²) in [6, 6.07) is 12.3. The van der Waals surface area contributed by atoms with E-state index >= 15 is 0 Å². The van der Waals surface area contributed by atoms with E-state index < -0.39 is 17.9 Å². The maximum Gasteiger partial charge on any atom is 0.328 e. The average molecular weight is 380 g/mol. The van der Waals surface area contributed by atoms with Crippen molar-refractivity contribution < 1.29 is 19.1 Å². The van der Waals surface area contributed by atoms with E-state index in [0.29, 0.717) is 24.1 Å². The number of fused-ring (bicyclic) bond motifs is 1. The number of methoxy groups -OCH3 is 1. The largest absolute Gasteiger partial charge is 0.467 e. The predicted octanol–water partition coefficient (Wildman–Crippen LogP) is 3.09. The number of ether oxygens (including phenoxy) is 1. The van der Waals surface area contributed by atoms with Gasteiger partial charge in [-0.05, 0) is 36.1 Å². The van der Waals surface area contributed by atoms with Crippen molar-refractivity contribution in [2.24, 2.45) is 5.92 Å². The molecule has 0 radical (unpaired) electrons. The Balaban J connectivity index is 1.77. The SMILES string of the molecule is COC(=O)[C@H](CC(C)C)NC(=O)c1ccc2n1C(=O)C(Cc1ccccc1)=C2. The highest BCUT2D eigenvalue weighted by Crippen LogP contribution is 2.25. The molecular weight excluding hydrogens is 356 g/mol. The third kappa shape index (κ3) is 4.06. The summed E-state index contributed by atoms with van der Waals surface area (Å²) in [5, 5.41) is 2.71. The first-order valence-corrected chi connectivity index (χ1v) is 9.30. The zero-order valence-corrected chi connectivity index (χ0v) is 16.3. The van der Waals surface area contributed by atoms with Gasteiger partial charge in [0, 0.05) is 17.7 Å². The number of carbonyl (C=O) groups excluding carboxylic acids is 3. The van der Waals surface area contributed by atoms with Crippen molar-refractivity contribution >= 4 is 23.9 Å². The summed E-state index contributed by atoms with van der Waals surface area (Å²) in [6.45, 7) is 3.92. The quantitative estimate of drug-likeness (QED) is 0.749. The van der Waals surface area contributed by atoms with Crippen LogP contribution in [-0.4, -0.2) is 35.5 Å². The van der Waals surface area contributed by atoms with Crippen LogP contribution in [0.15, 0.2) is 48.0 Å². The molecule has 0 fully saturated rings. The maximum atomic E-state index is 12.9. The minimum atomic E-state index is -0.753. The van der Waals surface area contributed by atoms with Crippen LogP contribution in [0.1, 0.15) is 46.8 Å². The number of carbonyl (C=O) groups is 3. The highest BCUT2D eigenvalue weighted by molar-refractivity contribution is 6.10. The molecule has 6 heteroatoms. The fourth-order valence-corrected chi connectivity index (χ4v) is 3.36. The molecule has 0 saturated heterocycles. The minimum Gasteiger partial charge on any atom is -0.467 e. The van der Waals surface area contributed by atoms with Crippen LogP contribution in [0.25, 0.3) is 6.08 Å². The Morgan fingerprint density at radius 3 is 2.46 bits per heavy atom. The van der Waals surface area contributed by atoms with Gasteiger partial charge in [0.2, 0.25) is 0 Å². The highest BCUT2D eigenvalue weighted by Gasteiger charge is 2.30. The fraction of sp³-hybridized carbons (Fsp3) is 0.318. The third-order valence-electron chi connectivity index (χ3n) is 4.68. The average Bonchev–Trinajstić information content (AvgIpc) is 3.21.